The van der Waals surface area contributed by atoms with Gasteiger partial charge in [0, 0.05) is 24.7 Å². The molecule has 7 heteroatoms. The van der Waals surface area contributed by atoms with Gasteiger partial charge < -0.3 is 4.90 Å². The number of piperidine rings is 1. The molecule has 1 aliphatic rings. The molecule has 0 spiro atoms. The van der Waals surface area contributed by atoms with E-state index in [1.165, 1.54) is 11.8 Å². The Balaban J connectivity index is 1.92. The lowest BCUT2D eigenvalue weighted by atomic mass is 10.0. The molecule has 0 N–H and O–H groups in total. The quantitative estimate of drug-likeness (QED) is 0.429. The first-order valence-electron chi connectivity index (χ1n) is 9.17. The van der Waals surface area contributed by atoms with Gasteiger partial charge in [0.25, 0.3) is 5.56 Å². The van der Waals surface area contributed by atoms with E-state index in [9.17, 15) is 9.59 Å². The maximum atomic E-state index is 12.9. The van der Waals surface area contributed by atoms with Crippen LogP contribution in [0.3, 0.4) is 0 Å². The molecular formula is C20H24ClN3O2S. The molecule has 1 aromatic heterocycles. The van der Waals surface area contributed by atoms with E-state index in [1.807, 2.05) is 11.8 Å². The number of carbonyl (C=O) groups is 1. The van der Waals surface area contributed by atoms with Gasteiger partial charge in [0.05, 0.1) is 16.2 Å². The van der Waals surface area contributed by atoms with Crippen LogP contribution in [0.25, 0.3) is 10.9 Å². The number of fused-ring (bicyclic) bond motifs is 1. The fraction of sp³-hybridized carbons (Fsp3) is 0.450. The van der Waals surface area contributed by atoms with Crippen molar-refractivity contribution in [3.8, 4) is 0 Å². The average molecular weight is 406 g/mol. The highest BCUT2D eigenvalue weighted by molar-refractivity contribution is 8.00. The Morgan fingerprint density at radius 1 is 1.52 bits per heavy atom. The molecule has 1 aliphatic heterocycles. The number of nitrogens with zero attached hydrogens (tertiary/aromatic N) is 3. The highest BCUT2D eigenvalue weighted by Crippen LogP contribution is 2.26. The van der Waals surface area contributed by atoms with E-state index in [-0.39, 0.29) is 16.7 Å². The van der Waals surface area contributed by atoms with Crippen molar-refractivity contribution in [2.45, 2.75) is 43.6 Å². The molecule has 1 fully saturated rings. The molecule has 0 bridgehead atoms. The van der Waals surface area contributed by atoms with Crippen molar-refractivity contribution in [2.75, 3.05) is 13.1 Å². The molecule has 2 atom stereocenters. The van der Waals surface area contributed by atoms with E-state index < -0.39 is 0 Å². The summed E-state index contributed by atoms with van der Waals surface area (Å²) in [4.78, 5) is 32.3. The van der Waals surface area contributed by atoms with Gasteiger partial charge in [-0.2, -0.15) is 0 Å². The van der Waals surface area contributed by atoms with Crippen LogP contribution in [0.2, 0.25) is 5.02 Å². The molecule has 27 heavy (non-hydrogen) atoms. The van der Waals surface area contributed by atoms with E-state index >= 15 is 0 Å². The number of halogens is 1. The van der Waals surface area contributed by atoms with Gasteiger partial charge in [-0.1, -0.05) is 36.4 Å². The van der Waals surface area contributed by atoms with Crippen LogP contribution in [0.4, 0.5) is 0 Å². The summed E-state index contributed by atoms with van der Waals surface area (Å²) >= 11 is 7.38. The topological polar surface area (TPSA) is 55.2 Å². The number of aromatic nitrogens is 2. The molecule has 1 aromatic carbocycles. The second-order valence-corrected chi connectivity index (χ2v) is 8.80. The third-order valence-corrected chi connectivity index (χ3v) is 6.11. The molecule has 1 saturated heterocycles. The SMILES string of the molecule is C=CCn1c(S[C@@H](C)C(=O)N2CCC[C@@H](C)C2)nc2cc(Cl)ccc2c1=O. The van der Waals surface area contributed by atoms with E-state index in [4.69, 9.17) is 11.6 Å². The van der Waals surface area contributed by atoms with Crippen LogP contribution in [0.5, 0.6) is 0 Å². The zero-order valence-corrected chi connectivity index (χ0v) is 17.2. The van der Waals surface area contributed by atoms with Gasteiger partial charge in [-0.25, -0.2) is 4.98 Å². The second kappa shape index (κ2) is 8.48. The van der Waals surface area contributed by atoms with E-state index in [0.29, 0.717) is 33.5 Å². The number of hydrogen-bond donors (Lipinski definition) is 0. The third kappa shape index (κ3) is 4.38. The summed E-state index contributed by atoms with van der Waals surface area (Å²) in [5.41, 5.74) is 0.395. The van der Waals surface area contributed by atoms with Crippen molar-refractivity contribution in [1.82, 2.24) is 14.5 Å². The molecule has 0 saturated carbocycles. The number of hydrogen-bond acceptors (Lipinski definition) is 4. The first-order valence-corrected chi connectivity index (χ1v) is 10.4. The number of allylic oxidation sites excluding steroid dienone is 1. The number of carbonyl (C=O) groups excluding carboxylic acids is 1. The van der Waals surface area contributed by atoms with Gasteiger partial charge in [-0.15, -0.1) is 6.58 Å². The molecule has 2 aromatic rings. The van der Waals surface area contributed by atoms with Gasteiger partial charge in [0.1, 0.15) is 0 Å². The number of rotatable bonds is 5. The summed E-state index contributed by atoms with van der Waals surface area (Å²) in [6.07, 6.45) is 3.86. The monoisotopic (exact) mass is 405 g/mol. The van der Waals surface area contributed by atoms with E-state index in [0.717, 1.165) is 25.9 Å². The van der Waals surface area contributed by atoms with Crippen LogP contribution >= 0.6 is 23.4 Å². The minimum absolute atomic E-state index is 0.0946. The van der Waals surface area contributed by atoms with Crippen molar-refractivity contribution in [3.63, 3.8) is 0 Å². The van der Waals surface area contributed by atoms with Crippen molar-refractivity contribution in [2.24, 2.45) is 5.92 Å². The summed E-state index contributed by atoms with van der Waals surface area (Å²) < 4.78 is 1.57. The Labute approximate surface area is 168 Å². The normalized spacial score (nSPS) is 18.5. The lowest BCUT2D eigenvalue weighted by molar-refractivity contribution is -0.132. The zero-order chi connectivity index (χ0) is 19.6. The van der Waals surface area contributed by atoms with Crippen molar-refractivity contribution < 1.29 is 4.79 Å². The smallest absolute Gasteiger partial charge is 0.262 e. The molecule has 0 aliphatic carbocycles. The average Bonchev–Trinajstić information content (AvgIpc) is 2.64. The molecule has 3 rings (SSSR count). The summed E-state index contributed by atoms with van der Waals surface area (Å²) in [6, 6.07) is 5.05. The Bertz CT molecular complexity index is 927. The highest BCUT2D eigenvalue weighted by atomic mass is 35.5. The molecule has 0 unspecified atom stereocenters. The van der Waals surface area contributed by atoms with Crippen LogP contribution in [0.15, 0.2) is 40.8 Å². The number of likely N-dealkylation sites (tertiary alicyclic amines) is 1. The van der Waals surface area contributed by atoms with Crippen molar-refractivity contribution >= 4 is 40.2 Å². The molecule has 2 heterocycles. The minimum Gasteiger partial charge on any atom is -0.341 e. The highest BCUT2D eigenvalue weighted by Gasteiger charge is 2.27. The molecular weight excluding hydrogens is 382 g/mol. The van der Waals surface area contributed by atoms with Crippen LogP contribution in [0, 0.1) is 5.92 Å². The Hall–Kier alpha value is -1.79. The first-order chi connectivity index (χ1) is 12.9. The first kappa shape index (κ1) is 20.0. The minimum atomic E-state index is -0.324. The zero-order valence-electron chi connectivity index (χ0n) is 15.7. The molecule has 0 radical (unpaired) electrons. The second-order valence-electron chi connectivity index (χ2n) is 7.05. The summed E-state index contributed by atoms with van der Waals surface area (Å²) in [5, 5.41) is 1.23. The van der Waals surface area contributed by atoms with Gasteiger partial charge in [-0.05, 0) is 43.9 Å². The fourth-order valence-electron chi connectivity index (χ4n) is 3.41. The molecule has 1 amide bonds. The maximum Gasteiger partial charge on any atom is 0.262 e. The molecule has 144 valence electrons. The lowest BCUT2D eigenvalue weighted by Crippen LogP contribution is -2.43. The summed E-state index contributed by atoms with van der Waals surface area (Å²) in [6.45, 7) is 9.72. The number of amides is 1. The summed E-state index contributed by atoms with van der Waals surface area (Å²) in [7, 11) is 0. The van der Waals surface area contributed by atoms with Crippen LogP contribution in [-0.4, -0.2) is 38.7 Å². The van der Waals surface area contributed by atoms with Crippen molar-refractivity contribution in [3.05, 3.63) is 46.2 Å². The predicted molar refractivity (Wildman–Crippen MR) is 112 cm³/mol. The number of thioether (sulfide) groups is 1. The predicted octanol–water partition coefficient (Wildman–Crippen LogP) is 3.98. The largest absolute Gasteiger partial charge is 0.341 e. The molecule has 5 nitrogen and oxygen atoms in total. The van der Waals surface area contributed by atoms with Gasteiger partial charge in [0.2, 0.25) is 5.91 Å². The Kier molecular flexibility index (Phi) is 6.27. The van der Waals surface area contributed by atoms with Gasteiger partial charge in [-0.3, -0.25) is 14.2 Å². The van der Waals surface area contributed by atoms with Crippen LogP contribution in [0.1, 0.15) is 26.7 Å². The lowest BCUT2D eigenvalue weighted by Gasteiger charge is -2.32. The Morgan fingerprint density at radius 3 is 3.00 bits per heavy atom. The fourth-order valence-corrected chi connectivity index (χ4v) is 4.58. The van der Waals surface area contributed by atoms with Gasteiger partial charge >= 0.3 is 0 Å². The van der Waals surface area contributed by atoms with E-state index in [2.05, 4.69) is 18.5 Å². The van der Waals surface area contributed by atoms with Crippen LogP contribution in [-0.2, 0) is 11.3 Å². The summed E-state index contributed by atoms with van der Waals surface area (Å²) in [5.74, 6) is 0.622. The Morgan fingerprint density at radius 2 is 2.30 bits per heavy atom. The maximum absolute atomic E-state index is 12.9. The van der Waals surface area contributed by atoms with Crippen molar-refractivity contribution in [1.29, 1.82) is 0 Å². The number of benzene rings is 1. The van der Waals surface area contributed by atoms with Gasteiger partial charge in [0.15, 0.2) is 5.16 Å². The van der Waals surface area contributed by atoms with E-state index in [1.54, 1.807) is 28.8 Å². The standard InChI is InChI=1S/C20H24ClN3O2S/c1-4-9-24-19(26)16-8-7-15(21)11-17(16)22-20(24)27-14(3)18(25)23-10-5-6-13(2)12-23/h4,7-8,11,13-14H,1,5-6,9-10,12H2,2-3H3/t13-,14+/m1/s1. The third-order valence-electron chi connectivity index (χ3n) is 4.79. The van der Waals surface area contributed by atoms with Crippen LogP contribution < -0.4 is 5.56 Å².